The van der Waals surface area contributed by atoms with Crippen molar-refractivity contribution in [3.8, 4) is 33.4 Å². The molecule has 77 heavy (non-hydrogen) atoms. The van der Waals surface area contributed by atoms with Crippen LogP contribution < -0.4 is 25.5 Å². The van der Waals surface area contributed by atoms with Gasteiger partial charge < -0.3 is 14.6 Å². The van der Waals surface area contributed by atoms with E-state index in [0.29, 0.717) is 0 Å². The van der Waals surface area contributed by atoms with E-state index in [1.54, 1.807) is 0 Å². The maximum Gasteiger partial charge on any atom is 0.333 e. The highest BCUT2D eigenvalue weighted by Gasteiger charge is 2.46. The molecule has 11 aromatic rings. The molecule has 2 aliphatic rings. The van der Waals surface area contributed by atoms with E-state index in [0.717, 1.165) is 49.2 Å². The van der Waals surface area contributed by atoms with Gasteiger partial charge in [0.1, 0.15) is 0 Å². The fourth-order valence-corrected chi connectivity index (χ4v) is 13.5. The van der Waals surface area contributed by atoms with E-state index < -0.39 is 0 Å². The van der Waals surface area contributed by atoms with Gasteiger partial charge in [-0.15, -0.1) is 11.3 Å². The molecule has 0 spiro atoms. The number of rotatable bonds is 16. The first-order valence-electron chi connectivity index (χ1n) is 28.2. The summed E-state index contributed by atoms with van der Waals surface area (Å²) in [4.78, 5) is 7.82. The van der Waals surface area contributed by atoms with Crippen molar-refractivity contribution in [3.63, 3.8) is 0 Å². The summed E-state index contributed by atoms with van der Waals surface area (Å²) < 4.78 is 2.61. The van der Waals surface area contributed by atoms with Gasteiger partial charge >= 0.3 is 6.85 Å². The molecule has 0 aliphatic carbocycles. The van der Waals surface area contributed by atoms with Gasteiger partial charge in [0.15, 0.2) is 0 Å². The lowest BCUT2D eigenvalue weighted by atomic mass is 9.43. The molecular formula is C72H64BN3S. The van der Waals surface area contributed by atoms with Crippen LogP contribution in [0.1, 0.15) is 76.0 Å². The molecule has 0 saturated carbocycles. The maximum absolute atomic E-state index is 2.69. The Labute approximate surface area is 459 Å². The molecule has 0 unspecified atom stereocenters. The van der Waals surface area contributed by atoms with Crippen molar-refractivity contribution in [2.24, 2.45) is 0 Å². The predicted octanol–water partition coefficient (Wildman–Crippen LogP) is 19.6. The zero-order chi connectivity index (χ0) is 51.8. The Kier molecular flexibility index (Phi) is 13.3. The molecule has 5 heteroatoms. The van der Waals surface area contributed by atoms with Gasteiger partial charge in [0.25, 0.3) is 0 Å². The molecule has 0 radical (unpaired) electrons. The van der Waals surface area contributed by atoms with Crippen LogP contribution in [0.5, 0.6) is 0 Å². The molecule has 0 amide bonds. The minimum atomic E-state index is -0.141. The average molecular weight is 1010 g/mol. The molecule has 3 heterocycles. The first kappa shape index (κ1) is 48.5. The van der Waals surface area contributed by atoms with E-state index in [1.165, 1.54) is 135 Å². The largest absolute Gasteiger partial charge is 0.376 e. The topological polar surface area (TPSA) is 9.72 Å². The summed E-state index contributed by atoms with van der Waals surface area (Å²) in [6.45, 7) is 6.70. The second kappa shape index (κ2) is 21.1. The highest BCUT2D eigenvalue weighted by Crippen LogP contribution is 2.53. The molecular weight excluding hydrogens is 950 g/mol. The first-order valence-corrected chi connectivity index (χ1v) is 29.0. The van der Waals surface area contributed by atoms with Crippen LogP contribution >= 0.6 is 11.3 Å². The predicted molar refractivity (Wildman–Crippen MR) is 334 cm³/mol. The van der Waals surface area contributed by atoms with Crippen LogP contribution in [0.15, 0.2) is 224 Å². The zero-order valence-corrected chi connectivity index (χ0v) is 45.4. The van der Waals surface area contributed by atoms with Gasteiger partial charge in [-0.05, 0) is 173 Å². The number of benzene rings is 10. The smallest absolute Gasteiger partial charge is 0.333 e. The zero-order valence-electron chi connectivity index (χ0n) is 44.6. The number of aryl methyl sites for hydroxylation is 3. The summed E-state index contributed by atoms with van der Waals surface area (Å²) in [6.07, 6.45) is 10.3. The molecule has 0 saturated heterocycles. The van der Waals surface area contributed by atoms with Crippen LogP contribution in [0.4, 0.5) is 45.5 Å². The van der Waals surface area contributed by atoms with Crippen LogP contribution in [-0.4, -0.2) is 6.85 Å². The Bertz CT molecular complexity index is 3840. The number of para-hydroxylation sites is 1. The molecule has 1 aromatic heterocycles. The molecule has 0 fully saturated rings. The minimum Gasteiger partial charge on any atom is -0.376 e. The summed E-state index contributed by atoms with van der Waals surface area (Å²) in [7, 11) is 0. The summed E-state index contributed by atoms with van der Waals surface area (Å²) in [5, 5.41) is 2.59. The third kappa shape index (κ3) is 8.91. The Morgan fingerprint density at radius 1 is 0.416 bits per heavy atom. The molecule has 0 atom stereocenters. The number of nitrogens with zero attached hydrogens (tertiary/aromatic N) is 3. The molecule has 13 rings (SSSR count). The number of unbranched alkanes of at least 4 members (excludes halogenated alkanes) is 3. The number of hydrogen-bond donors (Lipinski definition) is 0. The highest BCUT2D eigenvalue weighted by atomic mass is 32.1. The van der Waals surface area contributed by atoms with Gasteiger partial charge in [-0.2, -0.15) is 0 Å². The van der Waals surface area contributed by atoms with E-state index in [-0.39, 0.29) is 6.85 Å². The molecule has 10 aromatic carbocycles. The lowest BCUT2D eigenvalue weighted by Crippen LogP contribution is -2.61. The van der Waals surface area contributed by atoms with Crippen LogP contribution in [0.3, 0.4) is 0 Å². The van der Waals surface area contributed by atoms with E-state index in [4.69, 9.17) is 0 Å². The Hall–Kier alpha value is -8.12. The standard InChI is InChI=1S/C72H64BN3S/c1-4-7-21-50-32-37-56(38-33-50)74(57-39-34-51(35-40-57)22-8-5-2)59-41-45-67-63(49-59)64-47-55(53-24-13-10-14-25-53)48-68-70(64)73(76(67)58-28-17-12-18-29-58)65-43-42-61-60-30-19-20-31-69(60)77-72(61)71(65)75(68)66-44-36-52(23-9-6-3)46-62(66)54-26-15-11-16-27-54/h10-20,24-49H,4-9,21-23H2,1-3H3. The monoisotopic (exact) mass is 1010 g/mol. The normalized spacial score (nSPS) is 12.5. The van der Waals surface area contributed by atoms with Gasteiger partial charge in [0.2, 0.25) is 0 Å². The van der Waals surface area contributed by atoms with Crippen molar-refractivity contribution in [2.75, 3.05) is 14.6 Å². The average Bonchev–Trinajstić information content (AvgIpc) is 4.12. The molecule has 376 valence electrons. The van der Waals surface area contributed by atoms with Crippen molar-refractivity contribution in [3.05, 3.63) is 241 Å². The summed E-state index contributed by atoms with van der Waals surface area (Å²) in [6, 6.07) is 85.5. The van der Waals surface area contributed by atoms with E-state index >= 15 is 0 Å². The van der Waals surface area contributed by atoms with Crippen LogP contribution in [0, 0.1) is 0 Å². The minimum absolute atomic E-state index is 0.141. The third-order valence-electron chi connectivity index (χ3n) is 16.2. The van der Waals surface area contributed by atoms with Gasteiger partial charge in [-0.25, -0.2) is 0 Å². The Morgan fingerprint density at radius 2 is 0.987 bits per heavy atom. The molecule has 0 N–H and O–H groups in total. The lowest BCUT2D eigenvalue weighted by Gasteiger charge is -2.46. The molecule has 2 aliphatic heterocycles. The second-order valence-corrected chi connectivity index (χ2v) is 22.2. The summed E-state index contributed by atoms with van der Waals surface area (Å²) in [5.74, 6) is 0. The van der Waals surface area contributed by atoms with Crippen molar-refractivity contribution in [1.29, 1.82) is 0 Å². The quantitative estimate of drug-likeness (QED) is 0.0893. The molecule has 3 nitrogen and oxygen atoms in total. The van der Waals surface area contributed by atoms with Gasteiger partial charge in [-0.3, -0.25) is 0 Å². The lowest BCUT2D eigenvalue weighted by molar-refractivity contribution is 0.795. The van der Waals surface area contributed by atoms with Crippen molar-refractivity contribution < 1.29 is 0 Å². The third-order valence-corrected chi connectivity index (χ3v) is 17.4. The van der Waals surface area contributed by atoms with E-state index in [9.17, 15) is 0 Å². The number of anilines is 8. The second-order valence-electron chi connectivity index (χ2n) is 21.1. The van der Waals surface area contributed by atoms with Gasteiger partial charge in [-0.1, -0.05) is 180 Å². The molecule has 0 bridgehead atoms. The van der Waals surface area contributed by atoms with Gasteiger partial charge in [0, 0.05) is 60.7 Å². The number of hydrogen-bond acceptors (Lipinski definition) is 4. The fourth-order valence-electron chi connectivity index (χ4n) is 12.3. The Balaban J connectivity index is 1.12. The summed E-state index contributed by atoms with van der Waals surface area (Å²) in [5.41, 5.74) is 23.5. The SMILES string of the molecule is CCCCc1ccc(N(c2ccc(CCCC)cc2)c2ccc3c(c2)-c2cc(-c4ccccc4)cc4c2B(c2ccc5c(sc6ccccc65)c2N4c2ccc(CCCC)cc2-c2ccccc2)N3c2ccccc2)cc1. The van der Waals surface area contributed by atoms with Crippen molar-refractivity contribution >= 4 is 94.8 Å². The van der Waals surface area contributed by atoms with Crippen molar-refractivity contribution in [2.45, 2.75) is 78.6 Å². The number of fused-ring (bicyclic) bond motifs is 8. The first-order chi connectivity index (χ1) is 38.1. The van der Waals surface area contributed by atoms with Crippen LogP contribution in [0.2, 0.25) is 0 Å². The fraction of sp³-hybridized carbons (Fsp3) is 0.167. The van der Waals surface area contributed by atoms with Crippen LogP contribution in [-0.2, 0) is 19.3 Å². The van der Waals surface area contributed by atoms with Crippen molar-refractivity contribution in [1.82, 2.24) is 0 Å². The highest BCUT2D eigenvalue weighted by molar-refractivity contribution is 7.26. The van der Waals surface area contributed by atoms with Crippen LogP contribution in [0.25, 0.3) is 53.6 Å². The van der Waals surface area contributed by atoms with E-state index in [2.05, 4.69) is 260 Å². The Morgan fingerprint density at radius 3 is 1.65 bits per heavy atom. The van der Waals surface area contributed by atoms with Gasteiger partial charge in [0.05, 0.1) is 16.1 Å². The summed E-state index contributed by atoms with van der Waals surface area (Å²) >= 11 is 1.93. The number of thiophene rings is 1. The van der Waals surface area contributed by atoms with E-state index in [1.807, 2.05) is 11.3 Å². The maximum atomic E-state index is 2.69.